The summed E-state index contributed by atoms with van der Waals surface area (Å²) >= 11 is 0. The van der Waals surface area contributed by atoms with E-state index in [2.05, 4.69) is 15.5 Å². The van der Waals surface area contributed by atoms with Crippen molar-refractivity contribution >= 4 is 11.9 Å². The molecule has 1 aromatic heterocycles. The Balaban J connectivity index is 1.88. The molecule has 2 aromatic rings. The van der Waals surface area contributed by atoms with Gasteiger partial charge in [0, 0.05) is 6.92 Å². The van der Waals surface area contributed by atoms with Gasteiger partial charge in [-0.1, -0.05) is 29.8 Å². The molecule has 0 bridgehead atoms. The summed E-state index contributed by atoms with van der Waals surface area (Å²) in [5.41, 5.74) is 0.739. The third kappa shape index (κ3) is 2.24. The van der Waals surface area contributed by atoms with Crippen LogP contribution >= 0.6 is 0 Å². The highest BCUT2D eigenvalue weighted by molar-refractivity contribution is 6.07. The van der Waals surface area contributed by atoms with Gasteiger partial charge in [0.1, 0.15) is 12.1 Å². The molecule has 7 nitrogen and oxygen atoms in total. The third-order valence-corrected chi connectivity index (χ3v) is 3.77. The fourth-order valence-corrected chi connectivity index (χ4v) is 2.46. The van der Waals surface area contributed by atoms with Crippen LogP contribution in [0.5, 0.6) is 0 Å². The summed E-state index contributed by atoms with van der Waals surface area (Å²) in [5, 5.41) is 10.3. The zero-order valence-electron chi connectivity index (χ0n) is 12.6. The molecule has 1 atom stereocenters. The SMILES string of the molecule is Cc1ccc([C@]2(C)NC(=O)N(Cc3nnc(C)o3)C2=O)cc1. The molecule has 22 heavy (non-hydrogen) atoms. The van der Waals surface area contributed by atoms with Gasteiger partial charge in [-0.3, -0.25) is 9.69 Å². The lowest BCUT2D eigenvalue weighted by Crippen LogP contribution is -2.40. The summed E-state index contributed by atoms with van der Waals surface area (Å²) in [6.45, 7) is 5.27. The number of urea groups is 1. The highest BCUT2D eigenvalue weighted by Crippen LogP contribution is 2.29. The predicted molar refractivity (Wildman–Crippen MR) is 76.6 cm³/mol. The lowest BCUT2D eigenvalue weighted by molar-refractivity contribution is -0.131. The van der Waals surface area contributed by atoms with Gasteiger partial charge in [-0.2, -0.15) is 0 Å². The normalized spacial score (nSPS) is 21.3. The molecule has 7 heteroatoms. The van der Waals surface area contributed by atoms with Gasteiger partial charge in [0.25, 0.3) is 5.91 Å². The van der Waals surface area contributed by atoms with Gasteiger partial charge < -0.3 is 9.73 Å². The second-order valence-electron chi connectivity index (χ2n) is 5.53. The Kier molecular flexibility index (Phi) is 3.20. The number of hydrogen-bond donors (Lipinski definition) is 1. The maximum Gasteiger partial charge on any atom is 0.325 e. The Morgan fingerprint density at radius 3 is 2.45 bits per heavy atom. The first-order valence-corrected chi connectivity index (χ1v) is 6.90. The minimum atomic E-state index is -1.08. The summed E-state index contributed by atoms with van der Waals surface area (Å²) in [5.74, 6) is 0.287. The van der Waals surface area contributed by atoms with Crippen molar-refractivity contribution in [3.05, 3.63) is 47.2 Å². The van der Waals surface area contributed by atoms with Crippen LogP contribution in [0.1, 0.15) is 29.8 Å². The standard InChI is InChI=1S/C15H16N4O3/c1-9-4-6-11(7-5-9)15(3)13(20)19(14(21)16-15)8-12-18-17-10(2)22-12/h4-7H,8H2,1-3H3,(H,16,21)/t15-/m0/s1. The minimum absolute atomic E-state index is 0.0348. The van der Waals surface area contributed by atoms with Gasteiger partial charge in [0.05, 0.1) is 0 Å². The molecule has 3 amide bonds. The van der Waals surface area contributed by atoms with E-state index in [-0.39, 0.29) is 18.3 Å². The van der Waals surface area contributed by atoms with Gasteiger partial charge in [0.2, 0.25) is 11.8 Å². The van der Waals surface area contributed by atoms with E-state index in [1.807, 2.05) is 31.2 Å². The molecule has 1 aliphatic heterocycles. The van der Waals surface area contributed by atoms with Crippen LogP contribution in [0.25, 0.3) is 0 Å². The zero-order chi connectivity index (χ0) is 15.9. The Morgan fingerprint density at radius 1 is 1.18 bits per heavy atom. The summed E-state index contributed by atoms with van der Waals surface area (Å²) in [6, 6.07) is 7.03. The number of nitrogens with zero attached hydrogens (tertiary/aromatic N) is 3. The zero-order valence-corrected chi connectivity index (χ0v) is 12.6. The van der Waals surface area contributed by atoms with Gasteiger partial charge in [-0.05, 0) is 19.4 Å². The van der Waals surface area contributed by atoms with Crippen molar-refractivity contribution in [3.63, 3.8) is 0 Å². The van der Waals surface area contributed by atoms with Crippen LogP contribution in [-0.2, 0) is 16.9 Å². The first-order chi connectivity index (χ1) is 10.4. The van der Waals surface area contributed by atoms with Gasteiger partial charge in [0.15, 0.2) is 0 Å². The van der Waals surface area contributed by atoms with Crippen LogP contribution < -0.4 is 5.32 Å². The number of carbonyl (C=O) groups excluding carboxylic acids is 2. The summed E-state index contributed by atoms with van der Waals surface area (Å²) < 4.78 is 5.24. The van der Waals surface area contributed by atoms with E-state index in [0.29, 0.717) is 5.89 Å². The molecule has 114 valence electrons. The summed E-state index contributed by atoms with van der Waals surface area (Å²) in [7, 11) is 0. The van der Waals surface area contributed by atoms with Crippen LogP contribution in [0.3, 0.4) is 0 Å². The Labute approximate surface area is 127 Å². The molecule has 1 saturated heterocycles. The Bertz CT molecular complexity index is 738. The molecule has 0 unspecified atom stereocenters. The first kappa shape index (κ1) is 14.2. The van der Waals surface area contributed by atoms with E-state index in [1.165, 1.54) is 0 Å². The lowest BCUT2D eigenvalue weighted by Gasteiger charge is -2.22. The highest BCUT2D eigenvalue weighted by atomic mass is 16.4. The summed E-state index contributed by atoms with van der Waals surface area (Å²) in [6.07, 6.45) is 0. The van der Waals surface area contributed by atoms with Crippen LogP contribution in [-0.4, -0.2) is 27.0 Å². The monoisotopic (exact) mass is 300 g/mol. The Hall–Kier alpha value is -2.70. The maximum atomic E-state index is 12.7. The molecule has 1 fully saturated rings. The topological polar surface area (TPSA) is 88.3 Å². The number of carbonyl (C=O) groups is 2. The van der Waals surface area contributed by atoms with Gasteiger partial charge in [-0.25, -0.2) is 4.79 Å². The predicted octanol–water partition coefficient (Wildman–Crippen LogP) is 1.65. The van der Waals surface area contributed by atoms with Crippen molar-refractivity contribution in [2.75, 3.05) is 0 Å². The number of aryl methyl sites for hydroxylation is 2. The van der Waals surface area contributed by atoms with E-state index in [4.69, 9.17) is 4.42 Å². The minimum Gasteiger partial charge on any atom is -0.424 e. The molecule has 3 rings (SSSR count). The second-order valence-corrected chi connectivity index (χ2v) is 5.53. The van der Waals surface area contributed by atoms with E-state index in [1.54, 1.807) is 13.8 Å². The molecule has 1 aliphatic rings. The van der Waals surface area contributed by atoms with Crippen LogP contribution in [0, 0.1) is 13.8 Å². The van der Waals surface area contributed by atoms with Crippen LogP contribution in [0.4, 0.5) is 4.79 Å². The second kappa shape index (κ2) is 4.94. The smallest absolute Gasteiger partial charge is 0.325 e. The van der Waals surface area contributed by atoms with Gasteiger partial charge in [-0.15, -0.1) is 10.2 Å². The summed E-state index contributed by atoms with van der Waals surface area (Å²) in [4.78, 5) is 25.9. The van der Waals surface area contributed by atoms with Gasteiger partial charge >= 0.3 is 6.03 Å². The number of hydrogen-bond acceptors (Lipinski definition) is 5. The fraction of sp³-hybridized carbons (Fsp3) is 0.333. The first-order valence-electron chi connectivity index (χ1n) is 6.90. The van der Waals surface area contributed by atoms with E-state index in [0.717, 1.165) is 16.0 Å². The van der Waals surface area contributed by atoms with Crippen molar-refractivity contribution in [2.45, 2.75) is 32.9 Å². The number of imide groups is 1. The molecule has 2 heterocycles. The highest BCUT2D eigenvalue weighted by Gasteiger charge is 2.49. The van der Waals surface area contributed by atoms with Crippen molar-refractivity contribution in [1.82, 2.24) is 20.4 Å². The van der Waals surface area contributed by atoms with Crippen molar-refractivity contribution in [1.29, 1.82) is 0 Å². The molecular formula is C15H16N4O3. The molecule has 0 aliphatic carbocycles. The number of rotatable bonds is 3. The molecule has 1 aromatic carbocycles. The molecule has 0 radical (unpaired) electrons. The van der Waals surface area contributed by atoms with Crippen molar-refractivity contribution in [3.8, 4) is 0 Å². The lowest BCUT2D eigenvalue weighted by atomic mass is 9.91. The number of nitrogens with one attached hydrogen (secondary N) is 1. The average Bonchev–Trinajstić information content (AvgIpc) is 2.97. The fourth-order valence-electron chi connectivity index (χ4n) is 2.46. The molecular weight excluding hydrogens is 284 g/mol. The molecule has 0 spiro atoms. The van der Waals surface area contributed by atoms with Crippen molar-refractivity contribution < 1.29 is 14.0 Å². The molecule has 1 N–H and O–H groups in total. The third-order valence-electron chi connectivity index (χ3n) is 3.77. The quantitative estimate of drug-likeness (QED) is 0.871. The number of amides is 3. The van der Waals surface area contributed by atoms with Crippen molar-refractivity contribution in [2.24, 2.45) is 0 Å². The van der Waals surface area contributed by atoms with E-state index in [9.17, 15) is 9.59 Å². The van der Waals surface area contributed by atoms with Crippen LogP contribution in [0.2, 0.25) is 0 Å². The number of aromatic nitrogens is 2. The average molecular weight is 300 g/mol. The largest absolute Gasteiger partial charge is 0.424 e. The van der Waals surface area contributed by atoms with E-state index < -0.39 is 11.6 Å². The molecule has 0 saturated carbocycles. The number of benzene rings is 1. The maximum absolute atomic E-state index is 12.7. The van der Waals surface area contributed by atoms with E-state index >= 15 is 0 Å². The Morgan fingerprint density at radius 2 is 1.86 bits per heavy atom. The van der Waals surface area contributed by atoms with Crippen LogP contribution in [0.15, 0.2) is 28.7 Å².